The van der Waals surface area contributed by atoms with Crippen LogP contribution in [0.3, 0.4) is 0 Å². The summed E-state index contributed by atoms with van der Waals surface area (Å²) < 4.78 is 43.5. The van der Waals surface area contributed by atoms with Crippen LogP contribution in [-0.4, -0.2) is 23.0 Å². The topological polar surface area (TPSA) is 112 Å². The second-order valence-electron chi connectivity index (χ2n) is 6.53. The lowest BCUT2D eigenvalue weighted by molar-refractivity contribution is 0.195. The van der Waals surface area contributed by atoms with E-state index < -0.39 is 15.6 Å². The molecule has 0 aliphatic heterocycles. The molecule has 0 radical (unpaired) electrons. The lowest BCUT2D eigenvalue weighted by atomic mass is 10.1. The zero-order chi connectivity index (χ0) is 21.7. The molecule has 8 nitrogen and oxygen atoms in total. The quantitative estimate of drug-likeness (QED) is 0.258. The first-order valence-electron chi connectivity index (χ1n) is 9.80. The smallest absolute Gasteiger partial charge is 0.404 e. The fourth-order valence-corrected chi connectivity index (χ4v) is 4.15. The molecule has 0 aromatic heterocycles. The monoisotopic (exact) mass is 458 g/mol. The van der Waals surface area contributed by atoms with Crippen LogP contribution in [0.1, 0.15) is 38.5 Å². The van der Waals surface area contributed by atoms with Crippen molar-refractivity contribution in [2.75, 3.05) is 13.2 Å². The van der Waals surface area contributed by atoms with Crippen LogP contribution in [0.15, 0.2) is 60.7 Å². The summed E-state index contributed by atoms with van der Waals surface area (Å²) >= 11 is 0. The number of phosphoric acid groups is 2. The molecular weight excluding hydrogens is 430 g/mol. The SMILES string of the molecule is O=P(O)(OCCCCCCCCOP(=O)(O)Oc1ccccc1)Oc1ccccc1. The van der Waals surface area contributed by atoms with Crippen LogP contribution in [0.25, 0.3) is 0 Å². The van der Waals surface area contributed by atoms with Gasteiger partial charge in [0.25, 0.3) is 0 Å². The molecule has 0 bridgehead atoms. The van der Waals surface area contributed by atoms with E-state index in [9.17, 15) is 18.9 Å². The van der Waals surface area contributed by atoms with Gasteiger partial charge in [-0.25, -0.2) is 9.13 Å². The molecule has 0 aliphatic carbocycles. The summed E-state index contributed by atoms with van der Waals surface area (Å²) in [6.07, 6.45) is 4.77. The van der Waals surface area contributed by atoms with Gasteiger partial charge in [-0.3, -0.25) is 18.8 Å². The van der Waals surface area contributed by atoms with Crippen molar-refractivity contribution >= 4 is 15.6 Å². The van der Waals surface area contributed by atoms with E-state index in [1.165, 1.54) is 0 Å². The van der Waals surface area contributed by atoms with E-state index in [1.54, 1.807) is 60.7 Å². The molecule has 166 valence electrons. The molecule has 2 aromatic rings. The van der Waals surface area contributed by atoms with Crippen LogP contribution >= 0.6 is 15.6 Å². The maximum atomic E-state index is 11.8. The summed E-state index contributed by atoms with van der Waals surface area (Å²) in [4.78, 5) is 19.3. The van der Waals surface area contributed by atoms with Crippen LogP contribution in [0, 0.1) is 0 Å². The Balaban J connectivity index is 1.46. The molecule has 0 spiro atoms. The van der Waals surface area contributed by atoms with Crippen molar-refractivity contribution in [3.05, 3.63) is 60.7 Å². The van der Waals surface area contributed by atoms with Gasteiger partial charge in [0.2, 0.25) is 0 Å². The molecule has 10 heteroatoms. The third-order valence-corrected chi connectivity index (χ3v) is 5.88. The molecule has 2 rings (SSSR count). The van der Waals surface area contributed by atoms with Gasteiger partial charge in [-0.2, -0.15) is 0 Å². The van der Waals surface area contributed by atoms with E-state index in [2.05, 4.69) is 0 Å². The predicted octanol–water partition coefficient (Wildman–Crippen LogP) is 5.72. The van der Waals surface area contributed by atoms with Gasteiger partial charge < -0.3 is 9.05 Å². The highest BCUT2D eigenvalue weighted by molar-refractivity contribution is 7.48. The lowest BCUT2D eigenvalue weighted by Crippen LogP contribution is -2.00. The number of hydrogen-bond donors (Lipinski definition) is 2. The molecule has 0 heterocycles. The summed E-state index contributed by atoms with van der Waals surface area (Å²) in [7, 11) is -8.21. The molecule has 0 saturated carbocycles. The minimum absolute atomic E-state index is 0.133. The highest BCUT2D eigenvalue weighted by Crippen LogP contribution is 2.44. The minimum atomic E-state index is -4.10. The van der Waals surface area contributed by atoms with E-state index in [0.29, 0.717) is 12.8 Å². The number of hydrogen-bond acceptors (Lipinski definition) is 6. The third-order valence-electron chi connectivity index (χ3n) is 3.98. The van der Waals surface area contributed by atoms with Gasteiger partial charge in [0.15, 0.2) is 0 Å². The second-order valence-corrected chi connectivity index (χ2v) is 9.29. The van der Waals surface area contributed by atoms with Gasteiger partial charge in [-0.05, 0) is 37.1 Å². The summed E-state index contributed by atoms with van der Waals surface area (Å²) in [6.45, 7) is 0.266. The van der Waals surface area contributed by atoms with Crippen molar-refractivity contribution in [2.45, 2.75) is 38.5 Å². The molecule has 0 fully saturated rings. The van der Waals surface area contributed by atoms with E-state index in [4.69, 9.17) is 18.1 Å². The summed E-state index contributed by atoms with van der Waals surface area (Å²) in [5.74, 6) is 0.569. The molecule has 2 N–H and O–H groups in total. The van der Waals surface area contributed by atoms with E-state index in [1.807, 2.05) is 0 Å². The molecule has 0 aliphatic rings. The average molecular weight is 458 g/mol. The Kier molecular flexibility index (Phi) is 10.6. The Labute approximate surface area is 177 Å². The minimum Gasteiger partial charge on any atom is -0.404 e. The van der Waals surface area contributed by atoms with Crippen molar-refractivity contribution in [3.8, 4) is 11.5 Å². The summed E-state index contributed by atoms with van der Waals surface area (Å²) in [5.41, 5.74) is 0. The van der Waals surface area contributed by atoms with Gasteiger partial charge >= 0.3 is 15.6 Å². The second kappa shape index (κ2) is 12.9. The fourth-order valence-electron chi connectivity index (χ4n) is 2.55. The number of unbranched alkanes of at least 4 members (excludes halogenated alkanes) is 5. The largest absolute Gasteiger partial charge is 0.527 e. The van der Waals surface area contributed by atoms with Crippen molar-refractivity contribution in [1.82, 2.24) is 0 Å². The maximum Gasteiger partial charge on any atom is 0.527 e. The third kappa shape index (κ3) is 10.9. The first-order chi connectivity index (χ1) is 14.4. The Bertz CT molecular complexity index is 747. The molecule has 0 amide bonds. The first kappa shape index (κ1) is 24.6. The maximum absolute atomic E-state index is 11.8. The number of benzene rings is 2. The average Bonchev–Trinajstić information content (AvgIpc) is 2.70. The number of rotatable bonds is 15. The van der Waals surface area contributed by atoms with Gasteiger partial charge in [-0.15, -0.1) is 0 Å². The molecule has 30 heavy (non-hydrogen) atoms. The highest BCUT2D eigenvalue weighted by Gasteiger charge is 2.23. The zero-order valence-electron chi connectivity index (χ0n) is 16.7. The van der Waals surface area contributed by atoms with Crippen molar-refractivity contribution in [3.63, 3.8) is 0 Å². The molecule has 2 aromatic carbocycles. The fraction of sp³-hybridized carbons (Fsp3) is 0.400. The summed E-state index contributed by atoms with van der Waals surface area (Å²) in [6, 6.07) is 16.7. The van der Waals surface area contributed by atoms with Crippen LogP contribution < -0.4 is 9.05 Å². The zero-order valence-corrected chi connectivity index (χ0v) is 18.5. The number of phosphoric ester groups is 2. The van der Waals surface area contributed by atoms with E-state index in [-0.39, 0.29) is 24.7 Å². The highest BCUT2D eigenvalue weighted by atomic mass is 31.2. The molecule has 0 saturated heterocycles. The van der Waals surface area contributed by atoms with Crippen molar-refractivity contribution in [2.24, 2.45) is 0 Å². The van der Waals surface area contributed by atoms with Gasteiger partial charge in [-0.1, -0.05) is 62.1 Å². The van der Waals surface area contributed by atoms with Crippen molar-refractivity contribution in [1.29, 1.82) is 0 Å². The Morgan fingerprint density at radius 1 is 0.567 bits per heavy atom. The Morgan fingerprint density at radius 3 is 1.27 bits per heavy atom. The number of para-hydroxylation sites is 2. The molecular formula is C20H28O8P2. The van der Waals surface area contributed by atoms with Crippen LogP contribution in [-0.2, 0) is 18.2 Å². The van der Waals surface area contributed by atoms with Crippen molar-refractivity contribution < 1.29 is 37.0 Å². The predicted molar refractivity (Wildman–Crippen MR) is 113 cm³/mol. The molecule has 2 atom stereocenters. The van der Waals surface area contributed by atoms with Gasteiger partial charge in [0.1, 0.15) is 11.5 Å². The normalized spacial score (nSPS) is 15.1. The van der Waals surface area contributed by atoms with Gasteiger partial charge in [0, 0.05) is 0 Å². The Morgan fingerprint density at radius 2 is 0.900 bits per heavy atom. The first-order valence-corrected chi connectivity index (χ1v) is 12.8. The lowest BCUT2D eigenvalue weighted by Gasteiger charge is -2.13. The van der Waals surface area contributed by atoms with E-state index >= 15 is 0 Å². The standard InChI is InChI=1S/C20H28O8P2/c21-29(22,27-19-13-7-5-8-14-19)25-17-11-3-1-2-4-12-18-26-30(23,24)28-20-15-9-6-10-16-20/h5-10,13-16H,1-4,11-12,17-18H2,(H,21,22)(H,23,24). The molecule has 2 unspecified atom stereocenters. The summed E-state index contributed by atoms with van der Waals surface area (Å²) in [5, 5.41) is 0. The Hall–Kier alpha value is -1.66. The van der Waals surface area contributed by atoms with Crippen LogP contribution in [0.5, 0.6) is 11.5 Å². The van der Waals surface area contributed by atoms with Crippen LogP contribution in [0.4, 0.5) is 0 Å². The van der Waals surface area contributed by atoms with Crippen LogP contribution in [0.2, 0.25) is 0 Å². The van der Waals surface area contributed by atoms with E-state index in [0.717, 1.165) is 25.7 Å². The van der Waals surface area contributed by atoms with Gasteiger partial charge in [0.05, 0.1) is 13.2 Å².